The number of hydrogen-bond acceptors (Lipinski definition) is 8. The molecule has 3 rings (SSSR count). The summed E-state index contributed by atoms with van der Waals surface area (Å²) in [6, 6.07) is 19.0. The molecule has 1 fully saturated rings. The largest absolute Gasteiger partial charge is 0.510 e. The van der Waals surface area contributed by atoms with Gasteiger partial charge in [-0.25, -0.2) is 9.59 Å². The fraction of sp³-hybridized carbons (Fsp3) is 0.660. The van der Waals surface area contributed by atoms with Crippen molar-refractivity contribution in [1.29, 1.82) is 0 Å². The molecule has 1 heterocycles. The lowest BCUT2D eigenvalue weighted by Gasteiger charge is -2.35. The van der Waals surface area contributed by atoms with E-state index in [-0.39, 0.29) is 6.10 Å². The van der Waals surface area contributed by atoms with Gasteiger partial charge in [-0.15, -0.1) is 0 Å². The third kappa shape index (κ3) is 18.1. The van der Waals surface area contributed by atoms with Crippen molar-refractivity contribution in [3.05, 3.63) is 83.4 Å². The van der Waals surface area contributed by atoms with Crippen LogP contribution >= 0.6 is 0 Å². The number of carbonyl (C=O) groups is 2. The fourth-order valence-corrected chi connectivity index (χ4v) is 7.50. The number of hydrogen-bond donors (Lipinski definition) is 1. The maximum absolute atomic E-state index is 14.7. The summed E-state index contributed by atoms with van der Waals surface area (Å²) in [7, 11) is 1.00. The van der Waals surface area contributed by atoms with Crippen LogP contribution in [0.4, 0.5) is 4.79 Å². The lowest BCUT2D eigenvalue weighted by atomic mass is 9.85. The molecule has 2 aromatic carbocycles. The third-order valence-corrected chi connectivity index (χ3v) is 10.8. The Hall–Kier alpha value is -3.20. The number of rotatable bonds is 28. The molecular formula is C47H75NO7. The molecule has 8 heteroatoms. The van der Waals surface area contributed by atoms with Gasteiger partial charge in [0.05, 0.1) is 6.61 Å². The minimum Gasteiger partial charge on any atom is -0.459 e. The highest BCUT2D eigenvalue weighted by Gasteiger charge is 2.47. The number of aliphatic hydroxyl groups excluding tert-OH is 1. The van der Waals surface area contributed by atoms with Crippen LogP contribution in [0, 0.1) is 0 Å². The van der Waals surface area contributed by atoms with Crippen molar-refractivity contribution in [2.45, 2.75) is 167 Å². The van der Waals surface area contributed by atoms with Gasteiger partial charge >= 0.3 is 12.1 Å². The fourth-order valence-electron chi connectivity index (χ4n) is 7.50. The van der Waals surface area contributed by atoms with Crippen LogP contribution in [0.3, 0.4) is 0 Å². The number of ether oxygens (including phenoxy) is 4. The second-order valence-corrected chi connectivity index (χ2v) is 14.9. The summed E-state index contributed by atoms with van der Waals surface area (Å²) >= 11 is 0. The molecule has 2 aromatic rings. The first-order valence-electron chi connectivity index (χ1n) is 21.5. The number of unbranched alkanes of at least 4 members (excludes halogenated alkanes) is 13. The van der Waals surface area contributed by atoms with Gasteiger partial charge in [0.25, 0.3) is 0 Å². The van der Waals surface area contributed by atoms with Gasteiger partial charge < -0.3 is 29.0 Å². The molecule has 1 aliphatic heterocycles. The molecule has 1 N–H and O–H groups in total. The van der Waals surface area contributed by atoms with E-state index < -0.39 is 24.5 Å². The Balaban J connectivity index is 0.00000514. The topological polar surface area (TPSA) is 94.5 Å². The van der Waals surface area contributed by atoms with E-state index >= 15 is 0 Å². The number of allylic oxidation sites excluding steroid dienone is 1. The predicted molar refractivity (Wildman–Crippen MR) is 224 cm³/mol. The van der Waals surface area contributed by atoms with Crippen molar-refractivity contribution >= 4 is 12.1 Å². The summed E-state index contributed by atoms with van der Waals surface area (Å²) < 4.78 is 23.7. The molecule has 1 aliphatic rings. The van der Waals surface area contributed by atoms with Crippen LogP contribution in [-0.2, 0) is 29.3 Å². The molecule has 55 heavy (non-hydrogen) atoms. The van der Waals surface area contributed by atoms with Crippen molar-refractivity contribution in [3.8, 4) is 0 Å². The Kier molecular flexibility index (Phi) is 26.2. The van der Waals surface area contributed by atoms with Crippen LogP contribution in [0.2, 0.25) is 0 Å². The monoisotopic (exact) mass is 766 g/mol. The maximum atomic E-state index is 14.7. The molecule has 8 nitrogen and oxygen atoms in total. The normalized spacial score (nSPS) is 14.5. The van der Waals surface area contributed by atoms with Crippen molar-refractivity contribution in [2.24, 2.45) is 0 Å². The highest BCUT2D eigenvalue weighted by atomic mass is 16.8. The van der Waals surface area contributed by atoms with E-state index in [9.17, 15) is 9.59 Å². The van der Waals surface area contributed by atoms with Crippen molar-refractivity contribution < 1.29 is 33.6 Å². The number of likely N-dealkylation sites (tertiary alicyclic amines) is 1. The average Bonchev–Trinajstić information content (AvgIpc) is 3.76. The number of esters is 1. The second kappa shape index (κ2) is 30.0. The number of carbonyl (C=O) groups excluding carboxylic acids is 2. The van der Waals surface area contributed by atoms with E-state index in [1.54, 1.807) is 0 Å². The van der Waals surface area contributed by atoms with Crippen molar-refractivity contribution in [3.63, 3.8) is 0 Å². The highest BCUT2D eigenvalue weighted by molar-refractivity contribution is 5.86. The summed E-state index contributed by atoms with van der Waals surface area (Å²) in [4.78, 5) is 29.9. The lowest BCUT2D eigenvalue weighted by Crippen LogP contribution is -2.45. The van der Waals surface area contributed by atoms with E-state index in [4.69, 9.17) is 24.1 Å². The van der Waals surface area contributed by atoms with Gasteiger partial charge in [-0.2, -0.15) is 0 Å². The van der Waals surface area contributed by atoms with Gasteiger partial charge in [-0.05, 0) is 63.7 Å². The third-order valence-electron chi connectivity index (χ3n) is 10.8. The molecule has 0 radical (unpaired) electrons. The molecule has 2 unspecified atom stereocenters. The Labute approximate surface area is 334 Å². The molecule has 1 saturated heterocycles. The van der Waals surface area contributed by atoms with E-state index in [1.165, 1.54) is 83.5 Å². The summed E-state index contributed by atoms with van der Waals surface area (Å²) in [5.74, 6) is -0.528. The molecule has 0 saturated carbocycles. The van der Waals surface area contributed by atoms with Gasteiger partial charge in [-0.1, -0.05) is 170 Å². The molecule has 0 spiro atoms. The Morgan fingerprint density at radius 1 is 0.745 bits per heavy atom. The zero-order valence-electron chi connectivity index (χ0n) is 35.1. The predicted octanol–water partition coefficient (Wildman–Crippen LogP) is 11.7. The summed E-state index contributed by atoms with van der Waals surface area (Å²) in [5, 5.41) is 7.00. The van der Waals surface area contributed by atoms with Gasteiger partial charge in [0, 0.05) is 26.0 Å². The number of nitrogens with zero attached hydrogens (tertiary/aromatic N) is 1. The Morgan fingerprint density at radius 2 is 1.24 bits per heavy atom. The Morgan fingerprint density at radius 3 is 1.71 bits per heavy atom. The van der Waals surface area contributed by atoms with E-state index in [0.29, 0.717) is 30.2 Å². The van der Waals surface area contributed by atoms with Crippen LogP contribution < -0.4 is 0 Å². The van der Waals surface area contributed by atoms with Crippen LogP contribution in [0.15, 0.2) is 72.3 Å². The van der Waals surface area contributed by atoms with Gasteiger partial charge in [0.2, 0.25) is 5.60 Å². The van der Waals surface area contributed by atoms with Crippen molar-refractivity contribution in [2.75, 3.05) is 33.6 Å². The maximum Gasteiger partial charge on any atom is 0.510 e. The zero-order valence-corrected chi connectivity index (χ0v) is 35.1. The van der Waals surface area contributed by atoms with Crippen LogP contribution in [0.1, 0.15) is 161 Å². The van der Waals surface area contributed by atoms with E-state index in [0.717, 1.165) is 57.9 Å². The smallest absolute Gasteiger partial charge is 0.459 e. The lowest BCUT2D eigenvalue weighted by molar-refractivity contribution is -0.186. The quantitative estimate of drug-likeness (QED) is 0.0396. The van der Waals surface area contributed by atoms with Crippen molar-refractivity contribution in [1.82, 2.24) is 4.90 Å². The second-order valence-electron chi connectivity index (χ2n) is 14.9. The highest BCUT2D eigenvalue weighted by Crippen LogP contribution is 2.37. The molecule has 0 amide bonds. The first kappa shape index (κ1) is 48.0. The molecule has 0 aromatic heterocycles. The minimum absolute atomic E-state index is 0.295. The summed E-state index contributed by atoms with van der Waals surface area (Å²) in [5.41, 5.74) is 0.705. The number of aliphatic hydroxyl groups is 1. The first-order valence-corrected chi connectivity index (χ1v) is 21.5. The molecule has 310 valence electrons. The molecule has 0 aliphatic carbocycles. The SMILES string of the molecule is C/C=C(\C)CC(CC(CC)N1CCCC1)OC(=O)C(OCOC(=O)OCCCCCCCCCCCCCCCC)(c1ccccc1)c1ccccc1.CO. The van der Waals surface area contributed by atoms with Crippen LogP contribution in [0.5, 0.6) is 0 Å². The van der Waals surface area contributed by atoms with Gasteiger partial charge in [-0.3, -0.25) is 0 Å². The van der Waals surface area contributed by atoms with Crippen LogP contribution in [0.25, 0.3) is 0 Å². The first-order chi connectivity index (χ1) is 26.9. The van der Waals surface area contributed by atoms with Crippen LogP contribution in [-0.4, -0.2) is 67.9 Å². The zero-order chi connectivity index (χ0) is 40.0. The molecule has 0 bridgehead atoms. The average molecular weight is 766 g/mol. The minimum atomic E-state index is -1.66. The molecular weight excluding hydrogens is 691 g/mol. The van der Waals surface area contributed by atoms with Gasteiger partial charge in [0.1, 0.15) is 6.10 Å². The van der Waals surface area contributed by atoms with E-state index in [2.05, 4.69) is 31.7 Å². The summed E-state index contributed by atoms with van der Waals surface area (Å²) in [6.45, 7) is 10.6. The Bertz CT molecular complexity index is 1240. The van der Waals surface area contributed by atoms with E-state index in [1.807, 2.05) is 67.6 Å². The number of benzene rings is 2. The standard InChI is InChI=1S/C46H71NO6.CH4O/c1-5-8-9-10-11-12-13-14-15-16-17-18-19-28-35-50-45(49)51-38-52-46(40-29-22-20-23-30-40,41-31-24-21-25-32-41)44(48)53-43(36-39(4)6-2)37-42(7-3)47-33-26-27-34-47;1-2/h6,20-25,29-32,42-43H,5,7-19,26-28,33-38H2,1-4H3;2H,1H3/b39-6+;. The molecule has 2 atom stereocenters. The van der Waals surface area contributed by atoms with Gasteiger partial charge in [0.15, 0.2) is 6.79 Å². The summed E-state index contributed by atoms with van der Waals surface area (Å²) in [6.07, 6.45) is 23.4.